The van der Waals surface area contributed by atoms with Gasteiger partial charge in [-0.05, 0) is 29.8 Å². The molecule has 3 heterocycles. The number of para-hydroxylation sites is 1. The van der Waals surface area contributed by atoms with Crippen molar-refractivity contribution in [2.45, 2.75) is 5.92 Å². The summed E-state index contributed by atoms with van der Waals surface area (Å²) in [6.07, 6.45) is 3.56. The Hall–Kier alpha value is -2.70. The molecular weight excluding hydrogens is 362 g/mol. The molecular formula is C20H13N3OS2. The highest BCUT2D eigenvalue weighted by Crippen LogP contribution is 2.41. The summed E-state index contributed by atoms with van der Waals surface area (Å²) in [7, 11) is 0. The van der Waals surface area contributed by atoms with Crippen LogP contribution in [0.5, 0.6) is 0 Å². The van der Waals surface area contributed by atoms with Crippen LogP contribution in [-0.2, 0) is 4.79 Å². The Morgan fingerprint density at radius 2 is 1.96 bits per heavy atom. The molecule has 1 fully saturated rings. The number of nitrogens with one attached hydrogen (secondary N) is 2. The number of thioether (sulfide) groups is 1. The lowest BCUT2D eigenvalue weighted by atomic mass is 10.0. The minimum absolute atomic E-state index is 0.0334. The molecule has 26 heavy (non-hydrogen) atoms. The van der Waals surface area contributed by atoms with Crippen LogP contribution in [0.25, 0.3) is 27.9 Å². The van der Waals surface area contributed by atoms with Crippen molar-refractivity contribution in [1.29, 1.82) is 5.41 Å². The number of allylic oxidation sites excluding steroid dienone is 1. The first-order chi connectivity index (χ1) is 12.7. The quantitative estimate of drug-likeness (QED) is 0.473. The number of carbonyl (C=O) groups is 1. The van der Waals surface area contributed by atoms with Crippen molar-refractivity contribution in [3.63, 3.8) is 0 Å². The van der Waals surface area contributed by atoms with Gasteiger partial charge in [0.1, 0.15) is 10.9 Å². The Morgan fingerprint density at radius 3 is 2.81 bits per heavy atom. The maximum absolute atomic E-state index is 12.8. The fraction of sp³-hybridized carbons (Fsp3) is 0.0500. The van der Waals surface area contributed by atoms with E-state index in [9.17, 15) is 4.79 Å². The van der Waals surface area contributed by atoms with Crippen LogP contribution in [0.15, 0.2) is 58.9 Å². The predicted octanol–water partition coefficient (Wildman–Crippen LogP) is 5.20. The Kier molecular flexibility index (Phi) is 3.55. The maximum Gasteiger partial charge on any atom is 0.186 e. The molecule has 0 amide bonds. The third-order valence-electron chi connectivity index (χ3n) is 4.51. The van der Waals surface area contributed by atoms with Crippen molar-refractivity contribution in [2.24, 2.45) is 0 Å². The summed E-state index contributed by atoms with van der Waals surface area (Å²) in [5, 5.41) is 13.4. The lowest BCUT2D eigenvalue weighted by Gasteiger charge is -2.01. The highest BCUT2D eigenvalue weighted by atomic mass is 32.2. The van der Waals surface area contributed by atoms with Crippen LogP contribution in [0.3, 0.4) is 0 Å². The van der Waals surface area contributed by atoms with Crippen LogP contribution in [0.2, 0.25) is 0 Å². The smallest absolute Gasteiger partial charge is 0.186 e. The molecule has 4 nitrogen and oxygen atoms in total. The van der Waals surface area contributed by atoms with Gasteiger partial charge in [-0.2, -0.15) is 0 Å². The molecule has 126 valence electrons. The Balaban J connectivity index is 1.57. The van der Waals surface area contributed by atoms with Crippen molar-refractivity contribution >= 4 is 61.8 Å². The Bertz CT molecular complexity index is 1200. The molecule has 0 radical (unpaired) electrons. The molecule has 1 aliphatic rings. The van der Waals surface area contributed by atoms with E-state index in [-0.39, 0.29) is 5.78 Å². The van der Waals surface area contributed by atoms with E-state index in [0.29, 0.717) is 15.0 Å². The van der Waals surface area contributed by atoms with E-state index in [1.807, 2.05) is 35.7 Å². The van der Waals surface area contributed by atoms with E-state index in [0.717, 1.165) is 22.0 Å². The molecule has 0 spiro atoms. The van der Waals surface area contributed by atoms with Gasteiger partial charge >= 0.3 is 0 Å². The van der Waals surface area contributed by atoms with Crippen LogP contribution in [0.4, 0.5) is 0 Å². The summed E-state index contributed by atoms with van der Waals surface area (Å²) in [5.41, 5.74) is 3.14. The van der Waals surface area contributed by atoms with Gasteiger partial charge in [-0.1, -0.05) is 36.0 Å². The summed E-state index contributed by atoms with van der Waals surface area (Å²) in [5.74, 6) is -0.572. The molecule has 2 N–H and O–H groups in total. The number of benzene rings is 2. The van der Waals surface area contributed by atoms with Crippen LogP contribution in [0.1, 0.15) is 16.5 Å². The largest absolute Gasteiger partial charge is 0.355 e. The van der Waals surface area contributed by atoms with Crippen LogP contribution < -0.4 is 0 Å². The Morgan fingerprint density at radius 1 is 1.12 bits per heavy atom. The van der Waals surface area contributed by atoms with Gasteiger partial charge in [0, 0.05) is 33.4 Å². The molecule has 4 aromatic rings. The molecule has 0 unspecified atom stereocenters. The average Bonchev–Trinajstić information content (AvgIpc) is 3.34. The van der Waals surface area contributed by atoms with Crippen molar-refractivity contribution in [3.05, 3.63) is 69.5 Å². The number of ketones is 1. The van der Waals surface area contributed by atoms with E-state index < -0.39 is 5.92 Å². The maximum atomic E-state index is 12.8. The number of aromatic nitrogens is 2. The van der Waals surface area contributed by atoms with E-state index >= 15 is 0 Å². The van der Waals surface area contributed by atoms with E-state index in [2.05, 4.69) is 28.2 Å². The number of Topliss-reactive ketones (excluding diaryl/α,β-unsaturated/α-hetero) is 1. The first-order valence-electron chi connectivity index (χ1n) is 8.13. The van der Waals surface area contributed by atoms with Gasteiger partial charge in [0.2, 0.25) is 0 Å². The molecule has 2 aromatic carbocycles. The number of thiazole rings is 1. The number of carbonyl (C=O) groups excluding carboxylic acids is 1. The number of aromatic amines is 1. The molecule has 0 bridgehead atoms. The minimum atomic E-state index is -0.539. The predicted molar refractivity (Wildman–Crippen MR) is 109 cm³/mol. The van der Waals surface area contributed by atoms with Crippen LogP contribution in [-0.4, -0.2) is 20.8 Å². The van der Waals surface area contributed by atoms with Gasteiger partial charge in [0.25, 0.3) is 0 Å². The molecule has 2 aromatic heterocycles. The Labute approximate surface area is 157 Å². The minimum Gasteiger partial charge on any atom is -0.355 e. The van der Waals surface area contributed by atoms with Gasteiger partial charge in [0.15, 0.2) is 5.78 Å². The van der Waals surface area contributed by atoms with E-state index in [1.165, 1.54) is 28.5 Å². The second-order valence-electron chi connectivity index (χ2n) is 6.12. The van der Waals surface area contributed by atoms with Crippen molar-refractivity contribution in [1.82, 2.24) is 9.97 Å². The summed E-state index contributed by atoms with van der Waals surface area (Å²) < 4.78 is 0. The van der Waals surface area contributed by atoms with Gasteiger partial charge in [0.05, 0.1) is 9.95 Å². The van der Waals surface area contributed by atoms with Gasteiger partial charge in [-0.15, -0.1) is 11.3 Å². The fourth-order valence-electron chi connectivity index (χ4n) is 3.30. The molecule has 1 aliphatic heterocycles. The van der Waals surface area contributed by atoms with Gasteiger partial charge in [-0.3, -0.25) is 10.2 Å². The summed E-state index contributed by atoms with van der Waals surface area (Å²) in [6, 6.07) is 14.3. The first kappa shape index (κ1) is 15.5. The third kappa shape index (κ3) is 2.41. The summed E-state index contributed by atoms with van der Waals surface area (Å²) >= 11 is 2.66. The standard InChI is InChI=1S/C20H13N3OS2/c21-19-17(20-22-7-8-25-20)18(24)16(26-19)10-11-5-6-15-13(9-11)12-3-1-2-4-14(12)23-15/h1-10,17,21,23H/b16-10-,21-19?/t17-/m0/s1. The number of hydrogen-bond acceptors (Lipinski definition) is 5. The fourth-order valence-corrected chi connectivity index (χ4v) is 5.10. The second-order valence-corrected chi connectivity index (χ2v) is 8.13. The van der Waals surface area contributed by atoms with E-state index in [1.54, 1.807) is 6.20 Å². The zero-order chi connectivity index (χ0) is 17.7. The van der Waals surface area contributed by atoms with Crippen LogP contribution in [0, 0.1) is 5.41 Å². The van der Waals surface area contributed by atoms with E-state index in [4.69, 9.17) is 5.41 Å². The number of nitrogens with zero attached hydrogens (tertiary/aromatic N) is 1. The lowest BCUT2D eigenvalue weighted by molar-refractivity contribution is -0.114. The normalized spacial score (nSPS) is 19.2. The molecule has 6 heteroatoms. The third-order valence-corrected chi connectivity index (χ3v) is 6.35. The average molecular weight is 375 g/mol. The van der Waals surface area contributed by atoms with Gasteiger partial charge in [-0.25, -0.2) is 4.98 Å². The van der Waals surface area contributed by atoms with Crippen molar-refractivity contribution in [2.75, 3.05) is 0 Å². The summed E-state index contributed by atoms with van der Waals surface area (Å²) in [4.78, 5) is 21.0. The molecule has 0 aliphatic carbocycles. The number of hydrogen-bond donors (Lipinski definition) is 2. The van der Waals surface area contributed by atoms with Crippen molar-refractivity contribution in [3.8, 4) is 0 Å². The van der Waals surface area contributed by atoms with Crippen molar-refractivity contribution < 1.29 is 4.79 Å². The number of H-pyrrole nitrogens is 1. The molecule has 0 saturated carbocycles. The van der Waals surface area contributed by atoms with Crippen LogP contribution >= 0.6 is 23.1 Å². The highest BCUT2D eigenvalue weighted by molar-refractivity contribution is 8.19. The monoisotopic (exact) mass is 375 g/mol. The zero-order valence-electron chi connectivity index (χ0n) is 13.5. The SMILES string of the molecule is N=C1S/C(=C\c2ccc3[nH]c4ccccc4c3c2)C(=O)[C@@H]1c1nccs1. The zero-order valence-corrected chi connectivity index (χ0v) is 15.2. The first-order valence-corrected chi connectivity index (χ1v) is 9.82. The lowest BCUT2D eigenvalue weighted by Crippen LogP contribution is -2.11. The topological polar surface area (TPSA) is 69.6 Å². The second kappa shape index (κ2) is 5.93. The number of rotatable bonds is 2. The number of fused-ring (bicyclic) bond motifs is 3. The molecule has 1 saturated heterocycles. The molecule has 5 rings (SSSR count). The molecule has 1 atom stereocenters. The highest BCUT2D eigenvalue weighted by Gasteiger charge is 2.38. The summed E-state index contributed by atoms with van der Waals surface area (Å²) in [6.45, 7) is 0. The van der Waals surface area contributed by atoms with Gasteiger partial charge < -0.3 is 4.98 Å².